The summed E-state index contributed by atoms with van der Waals surface area (Å²) in [5.41, 5.74) is 2.26. The number of likely N-dealkylation sites (tertiary alicyclic amines) is 1. The molecule has 2 heterocycles. The molecule has 0 aromatic heterocycles. The van der Waals surface area contributed by atoms with Crippen molar-refractivity contribution in [2.75, 3.05) is 18.4 Å². The number of nitrogens with zero attached hydrogens (tertiary/aromatic N) is 1. The van der Waals surface area contributed by atoms with E-state index in [4.69, 9.17) is 5.11 Å². The molecule has 2 aliphatic heterocycles. The first-order valence-corrected chi connectivity index (χ1v) is 6.99. The third-order valence-electron chi connectivity index (χ3n) is 4.07. The zero-order valence-electron chi connectivity index (χ0n) is 11.9. The summed E-state index contributed by atoms with van der Waals surface area (Å²) in [6.45, 7) is 0.742. The summed E-state index contributed by atoms with van der Waals surface area (Å²) < 4.78 is 0. The van der Waals surface area contributed by atoms with E-state index >= 15 is 0 Å². The highest BCUT2D eigenvalue weighted by atomic mass is 35.5. The molecule has 6 nitrogen and oxygen atoms in total. The Morgan fingerprint density at radius 1 is 1.27 bits per heavy atom. The molecular weight excluding hydrogens is 308 g/mol. The summed E-state index contributed by atoms with van der Waals surface area (Å²) in [5.74, 6) is -1.46. The quantitative estimate of drug-likeness (QED) is 0.864. The van der Waals surface area contributed by atoms with Gasteiger partial charge in [0.25, 0.3) is 5.91 Å². The van der Waals surface area contributed by atoms with E-state index in [2.05, 4.69) is 5.32 Å². The van der Waals surface area contributed by atoms with Crippen molar-refractivity contribution >= 4 is 35.9 Å². The smallest absolute Gasteiger partial charge is 0.308 e. The summed E-state index contributed by atoms with van der Waals surface area (Å²) in [6.07, 6.45) is 1.55. The predicted molar refractivity (Wildman–Crippen MR) is 82.3 cm³/mol. The minimum atomic E-state index is -0.849. The van der Waals surface area contributed by atoms with E-state index in [0.717, 1.165) is 11.3 Å². The van der Waals surface area contributed by atoms with Crippen LogP contribution in [0.5, 0.6) is 0 Å². The van der Waals surface area contributed by atoms with Crippen LogP contribution in [0.3, 0.4) is 0 Å². The molecule has 2 amide bonds. The van der Waals surface area contributed by atoms with Crippen molar-refractivity contribution in [3.05, 3.63) is 29.3 Å². The van der Waals surface area contributed by atoms with Gasteiger partial charge in [-0.2, -0.15) is 0 Å². The van der Waals surface area contributed by atoms with Gasteiger partial charge in [-0.1, -0.05) is 0 Å². The number of rotatable bonds is 2. The van der Waals surface area contributed by atoms with Gasteiger partial charge < -0.3 is 15.3 Å². The van der Waals surface area contributed by atoms with Crippen molar-refractivity contribution in [1.29, 1.82) is 0 Å². The maximum atomic E-state index is 12.4. The van der Waals surface area contributed by atoms with Gasteiger partial charge in [-0.25, -0.2) is 0 Å². The second-order valence-electron chi connectivity index (χ2n) is 5.50. The first-order chi connectivity index (χ1) is 10.0. The maximum Gasteiger partial charge on any atom is 0.308 e. The highest BCUT2D eigenvalue weighted by Gasteiger charge is 2.31. The summed E-state index contributed by atoms with van der Waals surface area (Å²) in [6, 6.07) is 5.22. The highest BCUT2D eigenvalue weighted by Crippen LogP contribution is 2.25. The van der Waals surface area contributed by atoms with Crippen LogP contribution in [-0.2, 0) is 16.0 Å². The van der Waals surface area contributed by atoms with Gasteiger partial charge in [-0.15, -0.1) is 12.4 Å². The molecule has 2 aliphatic rings. The summed E-state index contributed by atoms with van der Waals surface area (Å²) in [4.78, 5) is 36.3. The lowest BCUT2D eigenvalue weighted by atomic mass is 10.00. The number of fused-ring (bicyclic) bond motifs is 1. The van der Waals surface area contributed by atoms with Crippen molar-refractivity contribution in [1.82, 2.24) is 4.90 Å². The van der Waals surface area contributed by atoms with Crippen LogP contribution in [0.2, 0.25) is 0 Å². The van der Waals surface area contributed by atoms with Gasteiger partial charge in [-0.3, -0.25) is 14.4 Å². The van der Waals surface area contributed by atoms with Crippen molar-refractivity contribution in [2.45, 2.75) is 19.3 Å². The Bertz CT molecular complexity index is 632. The van der Waals surface area contributed by atoms with Crippen LogP contribution in [-0.4, -0.2) is 40.9 Å². The first kappa shape index (κ1) is 16.3. The van der Waals surface area contributed by atoms with Gasteiger partial charge in [0, 0.05) is 30.8 Å². The van der Waals surface area contributed by atoms with E-state index in [-0.39, 0.29) is 30.8 Å². The van der Waals surface area contributed by atoms with Crippen LogP contribution < -0.4 is 5.32 Å². The number of nitrogens with one attached hydrogen (secondary N) is 1. The molecule has 1 aromatic rings. The fourth-order valence-corrected chi connectivity index (χ4v) is 2.85. The molecule has 2 N–H and O–H groups in total. The van der Waals surface area contributed by atoms with Crippen LogP contribution in [0.4, 0.5) is 5.69 Å². The highest BCUT2D eigenvalue weighted by molar-refractivity contribution is 5.98. The molecule has 0 radical (unpaired) electrons. The summed E-state index contributed by atoms with van der Waals surface area (Å²) in [7, 11) is 0. The lowest BCUT2D eigenvalue weighted by Crippen LogP contribution is -2.30. The predicted octanol–water partition coefficient (Wildman–Crippen LogP) is 1.54. The number of carboxylic acid groups (broad SMARTS) is 1. The number of benzene rings is 1. The molecule has 0 spiro atoms. The van der Waals surface area contributed by atoms with Gasteiger partial charge in [0.1, 0.15) is 0 Å². The molecular formula is C15H17ClN2O4. The number of carbonyl (C=O) groups is 3. The Balaban J connectivity index is 0.00000176. The third-order valence-corrected chi connectivity index (χ3v) is 4.07. The van der Waals surface area contributed by atoms with Gasteiger partial charge in [-0.05, 0) is 36.6 Å². The van der Waals surface area contributed by atoms with Gasteiger partial charge in [0.15, 0.2) is 0 Å². The average molecular weight is 325 g/mol. The third kappa shape index (κ3) is 3.06. The fourth-order valence-electron chi connectivity index (χ4n) is 2.85. The normalized spacial score (nSPS) is 19.9. The van der Waals surface area contributed by atoms with Crippen molar-refractivity contribution in [3.8, 4) is 0 Å². The average Bonchev–Trinajstić information content (AvgIpc) is 2.96. The molecule has 0 saturated carbocycles. The number of carbonyl (C=O) groups excluding carboxylic acids is 2. The number of anilines is 1. The SMILES string of the molecule is Cl.O=C1CCc2cc(C(=O)N3CCC(C(=O)O)C3)ccc2N1. The zero-order chi connectivity index (χ0) is 15.0. The van der Waals surface area contributed by atoms with Crippen LogP contribution in [0.15, 0.2) is 18.2 Å². The number of carboxylic acids is 1. The van der Waals surface area contributed by atoms with E-state index in [1.165, 1.54) is 0 Å². The van der Waals surface area contributed by atoms with Crippen LogP contribution in [0.1, 0.15) is 28.8 Å². The number of aryl methyl sites for hydroxylation is 1. The molecule has 118 valence electrons. The van der Waals surface area contributed by atoms with E-state index in [0.29, 0.717) is 31.4 Å². The van der Waals surface area contributed by atoms with E-state index in [1.807, 2.05) is 0 Å². The monoisotopic (exact) mass is 324 g/mol. The Labute approximate surface area is 133 Å². The number of hydrogen-bond donors (Lipinski definition) is 2. The molecule has 1 saturated heterocycles. The minimum Gasteiger partial charge on any atom is -0.481 e. The Kier molecular flexibility index (Phi) is 4.71. The lowest BCUT2D eigenvalue weighted by molar-refractivity contribution is -0.141. The van der Waals surface area contributed by atoms with Crippen molar-refractivity contribution in [3.63, 3.8) is 0 Å². The Morgan fingerprint density at radius 2 is 2.05 bits per heavy atom. The fraction of sp³-hybridized carbons (Fsp3) is 0.400. The molecule has 1 aromatic carbocycles. The maximum absolute atomic E-state index is 12.4. The van der Waals surface area contributed by atoms with Gasteiger partial charge >= 0.3 is 5.97 Å². The molecule has 7 heteroatoms. The summed E-state index contributed by atoms with van der Waals surface area (Å²) >= 11 is 0. The van der Waals surface area contributed by atoms with Crippen molar-refractivity contribution in [2.24, 2.45) is 5.92 Å². The molecule has 3 rings (SSSR count). The molecule has 1 atom stereocenters. The standard InChI is InChI=1S/C15H16N2O4.ClH/c18-13-4-2-9-7-10(1-3-12(9)16-13)14(19)17-6-5-11(8-17)15(20)21;/h1,3,7,11H,2,4-6,8H2,(H,16,18)(H,20,21);1H. The molecule has 0 bridgehead atoms. The van der Waals surface area contributed by atoms with Gasteiger partial charge in [0.2, 0.25) is 5.91 Å². The molecule has 1 unspecified atom stereocenters. The zero-order valence-corrected chi connectivity index (χ0v) is 12.7. The molecule has 0 aliphatic carbocycles. The number of halogens is 1. The first-order valence-electron chi connectivity index (χ1n) is 6.99. The lowest BCUT2D eigenvalue weighted by Gasteiger charge is -2.20. The van der Waals surface area contributed by atoms with Crippen molar-refractivity contribution < 1.29 is 19.5 Å². The van der Waals surface area contributed by atoms with Crippen LogP contribution >= 0.6 is 12.4 Å². The minimum absolute atomic E-state index is 0. The summed E-state index contributed by atoms with van der Waals surface area (Å²) in [5, 5.41) is 11.8. The Hall–Kier alpha value is -2.08. The Morgan fingerprint density at radius 3 is 2.73 bits per heavy atom. The van der Waals surface area contributed by atoms with Crippen LogP contribution in [0, 0.1) is 5.92 Å². The second-order valence-corrected chi connectivity index (χ2v) is 5.50. The van der Waals surface area contributed by atoms with E-state index < -0.39 is 11.9 Å². The van der Waals surface area contributed by atoms with E-state index in [9.17, 15) is 14.4 Å². The second kappa shape index (κ2) is 6.36. The van der Waals surface area contributed by atoms with Gasteiger partial charge in [0.05, 0.1) is 5.92 Å². The number of hydrogen-bond acceptors (Lipinski definition) is 3. The number of aliphatic carboxylic acids is 1. The molecule has 1 fully saturated rings. The van der Waals surface area contributed by atoms with E-state index in [1.54, 1.807) is 23.1 Å². The largest absolute Gasteiger partial charge is 0.481 e. The molecule has 22 heavy (non-hydrogen) atoms. The topological polar surface area (TPSA) is 86.7 Å². The van der Waals surface area contributed by atoms with Crippen LogP contribution in [0.25, 0.3) is 0 Å². The number of amides is 2.